The van der Waals surface area contributed by atoms with Crippen molar-refractivity contribution in [3.63, 3.8) is 0 Å². The van der Waals surface area contributed by atoms with Crippen LogP contribution in [0.25, 0.3) is 0 Å². The smallest absolute Gasteiger partial charge is 0.246 e. The molecule has 1 saturated heterocycles. The first kappa shape index (κ1) is 14.2. The molecule has 0 saturated carbocycles. The fourth-order valence-corrected chi connectivity index (χ4v) is 3.99. The molecule has 0 unspecified atom stereocenters. The predicted octanol–water partition coefficient (Wildman–Crippen LogP) is 0.921. The number of anilines is 1. The lowest BCUT2D eigenvalue weighted by atomic mass is 10.3. The normalized spacial score (nSPS) is 25.2. The molecule has 0 bridgehead atoms. The lowest BCUT2D eigenvalue weighted by Gasteiger charge is -2.34. The van der Waals surface area contributed by atoms with Gasteiger partial charge in [-0.25, -0.2) is 8.42 Å². The average molecular weight is 285 g/mol. The lowest BCUT2D eigenvalue weighted by molar-refractivity contribution is -0.0440. The number of hydrogen-bond acceptors (Lipinski definition) is 5. The van der Waals surface area contributed by atoms with E-state index in [4.69, 9.17) is 4.74 Å². The van der Waals surface area contributed by atoms with Crippen molar-refractivity contribution < 1.29 is 13.2 Å². The molecule has 6 nitrogen and oxygen atoms in total. The highest BCUT2D eigenvalue weighted by Gasteiger charge is 2.33. The van der Waals surface area contributed by atoms with Crippen molar-refractivity contribution in [3.05, 3.63) is 18.5 Å². The molecule has 0 spiro atoms. The number of rotatable bonds is 3. The fraction of sp³-hybridized carbons (Fsp3) is 0.583. The Morgan fingerprint density at radius 1 is 1.37 bits per heavy atom. The van der Waals surface area contributed by atoms with Crippen LogP contribution in [0.2, 0.25) is 0 Å². The number of sulfonamides is 1. The number of pyridine rings is 1. The minimum absolute atomic E-state index is 0.103. The third-order valence-electron chi connectivity index (χ3n) is 3.06. The Kier molecular flexibility index (Phi) is 4.07. The van der Waals surface area contributed by atoms with Crippen LogP contribution >= 0.6 is 0 Å². The van der Waals surface area contributed by atoms with Gasteiger partial charge in [-0.2, -0.15) is 4.31 Å². The second-order valence-electron chi connectivity index (χ2n) is 4.70. The van der Waals surface area contributed by atoms with Gasteiger partial charge in [0.2, 0.25) is 10.0 Å². The van der Waals surface area contributed by atoms with Gasteiger partial charge in [0.1, 0.15) is 4.90 Å². The fourth-order valence-electron chi connectivity index (χ4n) is 2.26. The van der Waals surface area contributed by atoms with Crippen LogP contribution in [-0.4, -0.2) is 50.1 Å². The van der Waals surface area contributed by atoms with E-state index in [0.29, 0.717) is 18.8 Å². The van der Waals surface area contributed by atoms with E-state index in [-0.39, 0.29) is 17.1 Å². The summed E-state index contributed by atoms with van der Waals surface area (Å²) in [5.41, 5.74) is 0.557. The monoisotopic (exact) mass is 285 g/mol. The number of hydrogen-bond donors (Lipinski definition) is 1. The average Bonchev–Trinajstić information content (AvgIpc) is 2.37. The maximum atomic E-state index is 12.6. The third kappa shape index (κ3) is 2.88. The molecular weight excluding hydrogens is 266 g/mol. The molecule has 2 heterocycles. The summed E-state index contributed by atoms with van der Waals surface area (Å²) in [5, 5.41) is 2.89. The number of morpholine rings is 1. The summed E-state index contributed by atoms with van der Waals surface area (Å²) in [5.74, 6) is 0. The number of aromatic nitrogens is 1. The van der Waals surface area contributed by atoms with E-state index in [1.54, 1.807) is 19.3 Å². The molecule has 1 aliphatic heterocycles. The number of ether oxygens (including phenoxy) is 1. The van der Waals surface area contributed by atoms with Gasteiger partial charge in [0.15, 0.2) is 0 Å². The Balaban J connectivity index is 2.36. The van der Waals surface area contributed by atoms with Gasteiger partial charge in [-0.05, 0) is 19.9 Å². The van der Waals surface area contributed by atoms with E-state index in [2.05, 4.69) is 10.3 Å². The van der Waals surface area contributed by atoms with Crippen molar-refractivity contribution in [2.45, 2.75) is 31.0 Å². The van der Waals surface area contributed by atoms with Gasteiger partial charge >= 0.3 is 0 Å². The topological polar surface area (TPSA) is 71.5 Å². The molecule has 1 aliphatic rings. The standard InChI is InChI=1S/C12H19N3O3S/c1-9-7-15(8-10(2)18-9)19(16,17)12-6-14-5-4-11(12)13-3/h4-6,9-10H,7-8H2,1-3H3,(H,13,14)/t9-,10+. The predicted molar refractivity (Wildman–Crippen MR) is 72.6 cm³/mol. The maximum absolute atomic E-state index is 12.6. The summed E-state index contributed by atoms with van der Waals surface area (Å²) in [6.45, 7) is 4.48. The summed E-state index contributed by atoms with van der Waals surface area (Å²) < 4.78 is 32.3. The SMILES string of the molecule is CNc1ccncc1S(=O)(=O)N1C[C@@H](C)O[C@@H](C)C1. The zero-order valence-electron chi connectivity index (χ0n) is 11.3. The molecule has 1 aromatic heterocycles. The Hall–Kier alpha value is -1.18. The van der Waals surface area contributed by atoms with Crippen LogP contribution in [0.3, 0.4) is 0 Å². The van der Waals surface area contributed by atoms with Crippen molar-refractivity contribution in [1.82, 2.24) is 9.29 Å². The van der Waals surface area contributed by atoms with Crippen LogP contribution in [0.4, 0.5) is 5.69 Å². The van der Waals surface area contributed by atoms with Crippen molar-refractivity contribution in [1.29, 1.82) is 0 Å². The minimum atomic E-state index is -3.54. The summed E-state index contributed by atoms with van der Waals surface area (Å²) >= 11 is 0. The summed E-state index contributed by atoms with van der Waals surface area (Å²) in [6.07, 6.45) is 2.74. The molecule has 7 heteroatoms. The van der Waals surface area contributed by atoms with Gasteiger partial charge in [-0.15, -0.1) is 0 Å². The van der Waals surface area contributed by atoms with Gasteiger partial charge in [-0.1, -0.05) is 0 Å². The Morgan fingerprint density at radius 2 is 2.00 bits per heavy atom. The quantitative estimate of drug-likeness (QED) is 0.894. The first-order chi connectivity index (χ1) is 8.95. The van der Waals surface area contributed by atoms with Crippen LogP contribution in [0.15, 0.2) is 23.4 Å². The molecule has 19 heavy (non-hydrogen) atoms. The summed E-state index contributed by atoms with van der Waals surface area (Å²) in [4.78, 5) is 4.12. The third-order valence-corrected chi connectivity index (χ3v) is 4.92. The molecular formula is C12H19N3O3S. The molecule has 2 atom stereocenters. The molecule has 106 valence electrons. The second kappa shape index (κ2) is 5.44. The molecule has 0 amide bonds. The van der Waals surface area contributed by atoms with Gasteiger partial charge in [-0.3, -0.25) is 4.98 Å². The Bertz CT molecular complexity index is 537. The second-order valence-corrected chi connectivity index (χ2v) is 6.61. The molecule has 1 fully saturated rings. The van der Waals surface area contributed by atoms with E-state index in [1.807, 2.05) is 13.8 Å². The van der Waals surface area contributed by atoms with Crippen molar-refractivity contribution in [2.24, 2.45) is 0 Å². The molecule has 1 aromatic rings. The van der Waals surface area contributed by atoms with E-state index >= 15 is 0 Å². The lowest BCUT2D eigenvalue weighted by Crippen LogP contribution is -2.48. The highest BCUT2D eigenvalue weighted by atomic mass is 32.2. The van der Waals surface area contributed by atoms with Crippen LogP contribution in [0.1, 0.15) is 13.8 Å². The zero-order chi connectivity index (χ0) is 14.0. The minimum Gasteiger partial charge on any atom is -0.387 e. The number of nitrogens with one attached hydrogen (secondary N) is 1. The largest absolute Gasteiger partial charge is 0.387 e. The van der Waals surface area contributed by atoms with Crippen molar-refractivity contribution in [3.8, 4) is 0 Å². The van der Waals surface area contributed by atoms with E-state index in [9.17, 15) is 8.42 Å². The van der Waals surface area contributed by atoms with Crippen molar-refractivity contribution >= 4 is 15.7 Å². The zero-order valence-corrected chi connectivity index (χ0v) is 12.1. The van der Waals surface area contributed by atoms with Gasteiger partial charge in [0, 0.05) is 32.5 Å². The van der Waals surface area contributed by atoms with Gasteiger partial charge < -0.3 is 10.1 Å². The molecule has 2 rings (SSSR count). The van der Waals surface area contributed by atoms with E-state index in [1.165, 1.54) is 10.5 Å². The first-order valence-electron chi connectivity index (χ1n) is 6.22. The van der Waals surface area contributed by atoms with Crippen LogP contribution in [0.5, 0.6) is 0 Å². The van der Waals surface area contributed by atoms with Gasteiger partial charge in [0.25, 0.3) is 0 Å². The van der Waals surface area contributed by atoms with Crippen molar-refractivity contribution in [2.75, 3.05) is 25.5 Å². The van der Waals surface area contributed by atoms with Crippen LogP contribution in [-0.2, 0) is 14.8 Å². The molecule has 0 aromatic carbocycles. The summed E-state index contributed by atoms with van der Waals surface area (Å²) in [7, 11) is -1.85. The Morgan fingerprint density at radius 3 is 2.58 bits per heavy atom. The van der Waals surface area contributed by atoms with E-state index < -0.39 is 10.0 Å². The van der Waals surface area contributed by atoms with Crippen LogP contribution < -0.4 is 5.32 Å². The Labute approximate surface area is 113 Å². The highest BCUT2D eigenvalue weighted by Crippen LogP contribution is 2.25. The summed E-state index contributed by atoms with van der Waals surface area (Å²) in [6, 6.07) is 1.65. The number of nitrogens with zero attached hydrogens (tertiary/aromatic N) is 2. The molecule has 0 radical (unpaired) electrons. The van der Waals surface area contributed by atoms with Gasteiger partial charge in [0.05, 0.1) is 17.9 Å². The first-order valence-corrected chi connectivity index (χ1v) is 7.66. The van der Waals surface area contributed by atoms with E-state index in [0.717, 1.165) is 0 Å². The molecule has 0 aliphatic carbocycles. The van der Waals surface area contributed by atoms with Crippen LogP contribution in [0, 0.1) is 0 Å². The maximum Gasteiger partial charge on any atom is 0.246 e. The highest BCUT2D eigenvalue weighted by molar-refractivity contribution is 7.89. The molecule has 1 N–H and O–H groups in total.